The topological polar surface area (TPSA) is 77.2 Å². The fourth-order valence-corrected chi connectivity index (χ4v) is 1.08. The first-order chi connectivity index (χ1) is 7.15. The summed E-state index contributed by atoms with van der Waals surface area (Å²) < 4.78 is 0. The predicted molar refractivity (Wildman–Crippen MR) is 53.1 cm³/mol. The molecule has 0 unspecified atom stereocenters. The highest BCUT2D eigenvalue weighted by molar-refractivity contribution is 5.94. The molecular formula is C10H11N3O2. The molecule has 78 valence electrons. The number of hydrogen-bond donors (Lipinski definition) is 1. The van der Waals surface area contributed by atoms with Crippen LogP contribution in [0.4, 0.5) is 0 Å². The lowest BCUT2D eigenvalue weighted by molar-refractivity contribution is 0.0797. The molecule has 1 amide bonds. The van der Waals surface area contributed by atoms with E-state index in [9.17, 15) is 4.79 Å². The number of amides is 1. The maximum Gasteiger partial charge on any atom is 0.255 e. The molecule has 0 saturated carbocycles. The number of hydrogen-bond acceptors (Lipinski definition) is 4. The molecule has 1 N–H and O–H groups in total. The largest absolute Gasteiger partial charge is 0.506 e. The Morgan fingerprint density at radius 3 is 3.00 bits per heavy atom. The van der Waals surface area contributed by atoms with Gasteiger partial charge in [-0.3, -0.25) is 9.78 Å². The molecule has 1 heterocycles. The van der Waals surface area contributed by atoms with Gasteiger partial charge in [0.05, 0.1) is 24.3 Å². The van der Waals surface area contributed by atoms with Crippen molar-refractivity contribution >= 4 is 5.91 Å². The average Bonchev–Trinajstić information content (AvgIpc) is 2.24. The quantitative estimate of drug-likeness (QED) is 0.790. The van der Waals surface area contributed by atoms with Crippen molar-refractivity contribution in [1.29, 1.82) is 5.26 Å². The van der Waals surface area contributed by atoms with Crippen LogP contribution in [0.15, 0.2) is 18.5 Å². The predicted octanol–water partition coefficient (Wildman–Crippen LogP) is 0.773. The van der Waals surface area contributed by atoms with Crippen LogP contribution in [0.5, 0.6) is 5.75 Å². The molecule has 5 nitrogen and oxygen atoms in total. The van der Waals surface area contributed by atoms with Crippen molar-refractivity contribution in [2.45, 2.75) is 6.42 Å². The van der Waals surface area contributed by atoms with E-state index in [0.717, 1.165) is 0 Å². The van der Waals surface area contributed by atoms with Gasteiger partial charge in [-0.15, -0.1) is 0 Å². The standard InChI is InChI=1S/C10H11N3O2/c1-13(4-2-3-11)10(15)8-5-9(14)7-12-6-8/h5-7,14H,2,4H2,1H3. The molecule has 1 aromatic heterocycles. The molecule has 5 heteroatoms. The summed E-state index contributed by atoms with van der Waals surface area (Å²) in [5.74, 6) is -0.303. The van der Waals surface area contributed by atoms with E-state index in [0.29, 0.717) is 12.1 Å². The molecule has 0 fully saturated rings. The summed E-state index contributed by atoms with van der Waals surface area (Å²) in [5, 5.41) is 17.5. The molecule has 0 aromatic carbocycles. The molecule has 15 heavy (non-hydrogen) atoms. The molecule has 1 rings (SSSR count). The lowest BCUT2D eigenvalue weighted by Crippen LogP contribution is -2.27. The Morgan fingerprint density at radius 1 is 1.67 bits per heavy atom. The van der Waals surface area contributed by atoms with E-state index in [4.69, 9.17) is 10.4 Å². The van der Waals surface area contributed by atoms with Gasteiger partial charge < -0.3 is 10.0 Å². The third-order valence-corrected chi connectivity index (χ3v) is 1.88. The summed E-state index contributed by atoms with van der Waals surface area (Å²) in [6.45, 7) is 0.366. The van der Waals surface area contributed by atoms with Crippen LogP contribution < -0.4 is 0 Å². The fourth-order valence-electron chi connectivity index (χ4n) is 1.08. The van der Waals surface area contributed by atoms with Crippen LogP contribution >= 0.6 is 0 Å². The van der Waals surface area contributed by atoms with Crippen molar-refractivity contribution in [2.24, 2.45) is 0 Å². The van der Waals surface area contributed by atoms with E-state index in [-0.39, 0.29) is 18.1 Å². The van der Waals surface area contributed by atoms with Crippen LogP contribution in [0.25, 0.3) is 0 Å². The number of aromatic nitrogens is 1. The first-order valence-corrected chi connectivity index (χ1v) is 4.41. The second kappa shape index (κ2) is 4.96. The Morgan fingerprint density at radius 2 is 2.40 bits per heavy atom. The Hall–Kier alpha value is -2.09. The number of pyridine rings is 1. The highest BCUT2D eigenvalue weighted by atomic mass is 16.3. The molecule has 0 spiro atoms. The van der Waals surface area contributed by atoms with Crippen molar-refractivity contribution in [3.63, 3.8) is 0 Å². The zero-order valence-electron chi connectivity index (χ0n) is 8.34. The van der Waals surface area contributed by atoms with Gasteiger partial charge in [0, 0.05) is 19.8 Å². The van der Waals surface area contributed by atoms with Crippen molar-refractivity contribution < 1.29 is 9.90 Å². The Kier molecular flexibility index (Phi) is 3.63. The number of carbonyl (C=O) groups excluding carboxylic acids is 1. The minimum Gasteiger partial charge on any atom is -0.506 e. The first kappa shape index (κ1) is 11.0. The van der Waals surface area contributed by atoms with E-state index >= 15 is 0 Å². The van der Waals surface area contributed by atoms with Crippen molar-refractivity contribution in [3.8, 4) is 11.8 Å². The summed E-state index contributed by atoms with van der Waals surface area (Å²) in [7, 11) is 1.60. The Labute approximate surface area is 87.6 Å². The zero-order chi connectivity index (χ0) is 11.3. The van der Waals surface area contributed by atoms with Crippen molar-refractivity contribution in [1.82, 2.24) is 9.88 Å². The smallest absolute Gasteiger partial charge is 0.255 e. The number of nitrogens with zero attached hydrogens (tertiary/aromatic N) is 3. The van der Waals surface area contributed by atoms with Crippen LogP contribution in [0, 0.1) is 11.3 Å². The summed E-state index contributed by atoms with van der Waals surface area (Å²) in [6, 6.07) is 3.30. The van der Waals surface area contributed by atoms with Gasteiger partial charge in [0.1, 0.15) is 5.75 Å². The van der Waals surface area contributed by atoms with Crippen LogP contribution in [-0.4, -0.2) is 34.5 Å². The van der Waals surface area contributed by atoms with Gasteiger partial charge in [-0.05, 0) is 6.07 Å². The highest BCUT2D eigenvalue weighted by Gasteiger charge is 2.11. The van der Waals surface area contributed by atoms with E-state index in [1.54, 1.807) is 7.05 Å². The molecule has 0 aliphatic rings. The van der Waals surface area contributed by atoms with Gasteiger partial charge in [0.15, 0.2) is 0 Å². The first-order valence-electron chi connectivity index (χ1n) is 4.41. The lowest BCUT2D eigenvalue weighted by atomic mass is 10.2. The minimum absolute atomic E-state index is 0.0467. The van der Waals surface area contributed by atoms with Gasteiger partial charge in [-0.1, -0.05) is 0 Å². The molecular weight excluding hydrogens is 194 g/mol. The van der Waals surface area contributed by atoms with Gasteiger partial charge in [0.25, 0.3) is 5.91 Å². The molecule has 0 aliphatic carbocycles. The number of rotatable bonds is 3. The second-order valence-electron chi connectivity index (χ2n) is 3.07. The number of nitriles is 1. The molecule has 0 saturated heterocycles. The Balaban J connectivity index is 2.72. The summed E-state index contributed by atoms with van der Waals surface area (Å²) in [4.78, 5) is 16.8. The van der Waals surface area contributed by atoms with Crippen LogP contribution in [0.3, 0.4) is 0 Å². The zero-order valence-corrected chi connectivity index (χ0v) is 8.34. The van der Waals surface area contributed by atoms with Gasteiger partial charge >= 0.3 is 0 Å². The normalized spacial score (nSPS) is 9.33. The molecule has 1 aromatic rings. The number of aromatic hydroxyl groups is 1. The Bertz CT molecular complexity index is 398. The van der Waals surface area contributed by atoms with Crippen LogP contribution in [-0.2, 0) is 0 Å². The third-order valence-electron chi connectivity index (χ3n) is 1.88. The lowest BCUT2D eigenvalue weighted by Gasteiger charge is -2.14. The summed E-state index contributed by atoms with van der Waals surface area (Å²) in [6.07, 6.45) is 2.92. The maximum absolute atomic E-state index is 11.7. The highest BCUT2D eigenvalue weighted by Crippen LogP contribution is 2.10. The van der Waals surface area contributed by atoms with Gasteiger partial charge in [-0.2, -0.15) is 5.26 Å². The molecule has 0 radical (unpaired) electrons. The van der Waals surface area contributed by atoms with Gasteiger partial charge in [-0.25, -0.2) is 0 Å². The van der Waals surface area contributed by atoms with Gasteiger partial charge in [0.2, 0.25) is 0 Å². The summed E-state index contributed by atoms with van der Waals surface area (Å²) in [5.41, 5.74) is 0.315. The third kappa shape index (κ3) is 2.95. The van der Waals surface area contributed by atoms with E-state index in [1.165, 1.54) is 23.4 Å². The van der Waals surface area contributed by atoms with E-state index < -0.39 is 0 Å². The monoisotopic (exact) mass is 205 g/mol. The van der Waals surface area contributed by atoms with Crippen LogP contribution in [0.1, 0.15) is 16.8 Å². The number of carbonyl (C=O) groups is 1. The maximum atomic E-state index is 11.7. The second-order valence-corrected chi connectivity index (χ2v) is 3.07. The molecule has 0 atom stereocenters. The SMILES string of the molecule is CN(CCC#N)C(=O)c1cncc(O)c1. The molecule has 0 aliphatic heterocycles. The average molecular weight is 205 g/mol. The van der Waals surface area contributed by atoms with Crippen molar-refractivity contribution in [3.05, 3.63) is 24.0 Å². The fraction of sp³-hybridized carbons (Fsp3) is 0.300. The van der Waals surface area contributed by atoms with E-state index in [1.807, 2.05) is 6.07 Å². The van der Waals surface area contributed by atoms with Crippen molar-refractivity contribution in [2.75, 3.05) is 13.6 Å². The summed E-state index contributed by atoms with van der Waals surface area (Å²) >= 11 is 0. The molecule has 0 bridgehead atoms. The van der Waals surface area contributed by atoms with Crippen LogP contribution in [0.2, 0.25) is 0 Å². The minimum atomic E-state index is -0.256. The van der Waals surface area contributed by atoms with E-state index in [2.05, 4.69) is 4.98 Å².